The van der Waals surface area contributed by atoms with Gasteiger partial charge in [-0.1, -0.05) is 12.8 Å². The number of nitrogens with zero attached hydrogens (tertiary/aromatic N) is 3. The van der Waals surface area contributed by atoms with Crippen LogP contribution in [0.4, 0.5) is 24.5 Å². The SMILES string of the molecule is O=C(CN1CCC(C(=O)N2CCCCCC2)CC1)Nc1cc(C(F)(F)F)ccc1N1CCCCC1. The van der Waals surface area contributed by atoms with Crippen molar-refractivity contribution in [2.24, 2.45) is 5.92 Å². The second-order valence-corrected chi connectivity index (χ2v) is 10.1. The third-order valence-electron chi connectivity index (χ3n) is 7.52. The zero-order chi connectivity index (χ0) is 24.8. The maximum absolute atomic E-state index is 13.3. The van der Waals surface area contributed by atoms with E-state index in [1.807, 2.05) is 9.80 Å². The Hall–Kier alpha value is -2.29. The summed E-state index contributed by atoms with van der Waals surface area (Å²) in [6.07, 6.45) is 4.54. The summed E-state index contributed by atoms with van der Waals surface area (Å²) in [7, 11) is 0. The van der Waals surface area contributed by atoms with Gasteiger partial charge in [-0.25, -0.2) is 0 Å². The number of piperidine rings is 2. The third kappa shape index (κ3) is 6.90. The smallest absolute Gasteiger partial charge is 0.370 e. The first-order chi connectivity index (χ1) is 16.8. The van der Waals surface area contributed by atoms with E-state index in [1.54, 1.807) is 0 Å². The molecule has 0 saturated carbocycles. The molecule has 1 aromatic carbocycles. The molecule has 0 unspecified atom stereocenters. The highest BCUT2D eigenvalue weighted by atomic mass is 19.4. The summed E-state index contributed by atoms with van der Waals surface area (Å²) < 4.78 is 40.0. The molecule has 9 heteroatoms. The van der Waals surface area contributed by atoms with Gasteiger partial charge in [0.25, 0.3) is 0 Å². The summed E-state index contributed by atoms with van der Waals surface area (Å²) in [5.41, 5.74) is 0.104. The molecule has 0 bridgehead atoms. The van der Waals surface area contributed by atoms with Gasteiger partial charge in [-0.15, -0.1) is 0 Å². The molecule has 0 atom stereocenters. The first-order valence-electron chi connectivity index (χ1n) is 13.1. The second-order valence-electron chi connectivity index (χ2n) is 10.1. The van der Waals surface area contributed by atoms with E-state index in [4.69, 9.17) is 0 Å². The Kier molecular flexibility index (Phi) is 8.57. The van der Waals surface area contributed by atoms with Crippen LogP contribution in [-0.2, 0) is 15.8 Å². The van der Waals surface area contributed by atoms with Crippen LogP contribution in [0.5, 0.6) is 0 Å². The number of carbonyl (C=O) groups is 2. The maximum Gasteiger partial charge on any atom is 0.416 e. The molecule has 4 rings (SSSR count). The number of likely N-dealkylation sites (tertiary alicyclic amines) is 2. The fourth-order valence-corrected chi connectivity index (χ4v) is 5.50. The molecule has 2 amide bonds. The predicted molar refractivity (Wildman–Crippen MR) is 130 cm³/mol. The highest BCUT2D eigenvalue weighted by molar-refractivity contribution is 5.96. The van der Waals surface area contributed by atoms with Gasteiger partial charge in [0.05, 0.1) is 23.5 Å². The van der Waals surface area contributed by atoms with Crippen molar-refractivity contribution >= 4 is 23.2 Å². The number of amides is 2. The standard InChI is InChI=1S/C26H37F3N4O2/c27-26(28,29)21-8-9-23(32-12-6-3-7-13-32)22(18-21)30-24(34)19-31-16-10-20(11-17-31)25(35)33-14-4-1-2-5-15-33/h8-9,18,20H,1-7,10-17,19H2,(H,30,34). The molecule has 0 aliphatic carbocycles. The minimum Gasteiger partial charge on any atom is -0.370 e. The van der Waals surface area contributed by atoms with Crippen molar-refractivity contribution < 1.29 is 22.8 Å². The van der Waals surface area contributed by atoms with E-state index in [-0.39, 0.29) is 30.0 Å². The Morgan fingerprint density at radius 1 is 0.857 bits per heavy atom. The van der Waals surface area contributed by atoms with E-state index in [1.165, 1.54) is 18.9 Å². The molecule has 3 heterocycles. The zero-order valence-electron chi connectivity index (χ0n) is 20.4. The normalized spacial score (nSPS) is 21.0. The van der Waals surface area contributed by atoms with Crippen LogP contribution >= 0.6 is 0 Å². The van der Waals surface area contributed by atoms with Gasteiger partial charge in [0.15, 0.2) is 0 Å². The second kappa shape index (κ2) is 11.6. The van der Waals surface area contributed by atoms with Crippen molar-refractivity contribution in [1.29, 1.82) is 0 Å². The summed E-state index contributed by atoms with van der Waals surface area (Å²) in [4.78, 5) is 31.8. The Morgan fingerprint density at radius 3 is 2.09 bits per heavy atom. The molecule has 0 spiro atoms. The number of nitrogens with one attached hydrogen (secondary N) is 1. The highest BCUT2D eigenvalue weighted by Gasteiger charge is 2.32. The van der Waals surface area contributed by atoms with Gasteiger partial charge in [-0.3, -0.25) is 14.5 Å². The van der Waals surface area contributed by atoms with Crippen molar-refractivity contribution in [2.45, 2.75) is 64.0 Å². The molecular formula is C26H37F3N4O2. The highest BCUT2D eigenvalue weighted by Crippen LogP contribution is 2.36. The molecule has 35 heavy (non-hydrogen) atoms. The van der Waals surface area contributed by atoms with Crippen molar-refractivity contribution in [3.8, 4) is 0 Å². The minimum absolute atomic E-state index is 0.00147. The predicted octanol–water partition coefficient (Wildman–Crippen LogP) is 4.75. The molecule has 3 saturated heterocycles. The summed E-state index contributed by atoms with van der Waals surface area (Å²) in [6.45, 7) is 4.62. The topological polar surface area (TPSA) is 55.9 Å². The zero-order valence-corrected chi connectivity index (χ0v) is 20.4. The van der Waals surface area contributed by atoms with E-state index < -0.39 is 11.7 Å². The van der Waals surface area contributed by atoms with Gasteiger partial charge in [0.2, 0.25) is 11.8 Å². The van der Waals surface area contributed by atoms with Gasteiger partial charge in [0, 0.05) is 32.1 Å². The minimum atomic E-state index is -4.47. The Labute approximate surface area is 205 Å². The van der Waals surface area contributed by atoms with Crippen LogP contribution in [0, 0.1) is 5.92 Å². The largest absolute Gasteiger partial charge is 0.416 e. The number of halogens is 3. The third-order valence-corrected chi connectivity index (χ3v) is 7.52. The van der Waals surface area contributed by atoms with Crippen molar-refractivity contribution in [3.63, 3.8) is 0 Å². The van der Waals surface area contributed by atoms with Crippen LogP contribution in [0.15, 0.2) is 18.2 Å². The van der Waals surface area contributed by atoms with Crippen LogP contribution in [-0.4, -0.2) is 67.4 Å². The quantitative estimate of drug-likeness (QED) is 0.642. The van der Waals surface area contributed by atoms with Crippen molar-refractivity contribution in [3.05, 3.63) is 23.8 Å². The summed E-state index contributed by atoms with van der Waals surface area (Å²) in [6, 6.07) is 3.61. The molecule has 3 aliphatic heterocycles. The molecule has 1 aromatic rings. The molecule has 3 fully saturated rings. The summed E-state index contributed by atoms with van der Waals surface area (Å²) >= 11 is 0. The fourth-order valence-electron chi connectivity index (χ4n) is 5.50. The molecule has 0 radical (unpaired) electrons. The Bertz CT molecular complexity index is 870. The van der Waals surface area contributed by atoms with Crippen LogP contribution in [0.1, 0.15) is 63.4 Å². The average molecular weight is 495 g/mol. The van der Waals surface area contributed by atoms with Crippen molar-refractivity contribution in [1.82, 2.24) is 9.80 Å². The summed E-state index contributed by atoms with van der Waals surface area (Å²) in [5, 5.41) is 2.76. The monoisotopic (exact) mass is 494 g/mol. The lowest BCUT2D eigenvalue weighted by Gasteiger charge is -2.34. The summed E-state index contributed by atoms with van der Waals surface area (Å²) in [5.74, 6) is -0.0763. The van der Waals surface area contributed by atoms with Gasteiger partial charge >= 0.3 is 6.18 Å². The number of hydrogen-bond donors (Lipinski definition) is 1. The Balaban J connectivity index is 1.34. The van der Waals surface area contributed by atoms with Crippen molar-refractivity contribution in [2.75, 3.05) is 56.0 Å². The Morgan fingerprint density at radius 2 is 1.46 bits per heavy atom. The molecule has 1 N–H and O–H groups in total. The number of alkyl halides is 3. The molecule has 0 aromatic heterocycles. The first-order valence-corrected chi connectivity index (χ1v) is 13.1. The number of rotatable bonds is 5. The fraction of sp³-hybridized carbons (Fsp3) is 0.692. The maximum atomic E-state index is 13.3. The first kappa shape index (κ1) is 25.8. The number of hydrogen-bond acceptors (Lipinski definition) is 4. The van der Waals surface area contributed by atoms with Crippen LogP contribution < -0.4 is 10.2 Å². The van der Waals surface area contributed by atoms with E-state index in [2.05, 4.69) is 10.2 Å². The molecule has 3 aliphatic rings. The molecule has 194 valence electrons. The average Bonchev–Trinajstić information content (AvgIpc) is 3.14. The number of anilines is 2. The molecule has 6 nitrogen and oxygen atoms in total. The van der Waals surface area contributed by atoms with E-state index >= 15 is 0 Å². The van der Waals surface area contributed by atoms with Gasteiger partial charge in [-0.2, -0.15) is 13.2 Å². The number of benzene rings is 1. The number of carbonyl (C=O) groups excluding carboxylic acids is 2. The van der Waals surface area contributed by atoms with E-state index in [9.17, 15) is 22.8 Å². The van der Waals surface area contributed by atoms with Gasteiger partial charge in [-0.05, 0) is 76.2 Å². The van der Waals surface area contributed by atoms with Gasteiger partial charge < -0.3 is 15.1 Å². The van der Waals surface area contributed by atoms with E-state index in [0.717, 1.165) is 70.4 Å². The van der Waals surface area contributed by atoms with Gasteiger partial charge in [0.1, 0.15) is 0 Å². The van der Waals surface area contributed by atoms with Crippen LogP contribution in [0.2, 0.25) is 0 Å². The lowest BCUT2D eigenvalue weighted by Crippen LogP contribution is -2.44. The van der Waals surface area contributed by atoms with E-state index in [0.29, 0.717) is 31.6 Å². The lowest BCUT2D eigenvalue weighted by atomic mass is 9.95. The van der Waals surface area contributed by atoms with Crippen LogP contribution in [0.25, 0.3) is 0 Å². The molecular weight excluding hydrogens is 457 g/mol. The lowest BCUT2D eigenvalue weighted by molar-refractivity contribution is -0.138. The van der Waals surface area contributed by atoms with Crippen LogP contribution in [0.3, 0.4) is 0 Å².